The van der Waals surface area contributed by atoms with Crippen molar-refractivity contribution in [1.29, 1.82) is 0 Å². The third-order valence-corrected chi connectivity index (χ3v) is 4.32. The number of aliphatic hydroxyl groups excluding tert-OH is 1. The first-order chi connectivity index (χ1) is 11.1. The summed E-state index contributed by atoms with van der Waals surface area (Å²) in [7, 11) is 0. The number of hydrogen-bond acceptors (Lipinski definition) is 3. The second-order valence-electron chi connectivity index (χ2n) is 5.51. The molecule has 0 amide bonds. The fraction of sp³-hybridized carbons (Fsp3) is 0.211. The van der Waals surface area contributed by atoms with Gasteiger partial charge in [-0.1, -0.05) is 46.3 Å². The fourth-order valence-corrected chi connectivity index (χ4v) is 2.78. The van der Waals surface area contributed by atoms with E-state index in [1.807, 2.05) is 49.4 Å². The lowest BCUT2D eigenvalue weighted by Gasteiger charge is -2.08. The first kappa shape index (κ1) is 16.0. The zero-order valence-electron chi connectivity index (χ0n) is 12.9. The molecule has 0 saturated carbocycles. The smallest absolute Gasteiger partial charge is 0.226 e. The van der Waals surface area contributed by atoms with Crippen LogP contribution in [0.3, 0.4) is 0 Å². The Morgan fingerprint density at radius 1 is 1.09 bits per heavy atom. The van der Waals surface area contributed by atoms with Gasteiger partial charge in [-0.3, -0.25) is 0 Å². The van der Waals surface area contributed by atoms with Crippen molar-refractivity contribution in [2.24, 2.45) is 0 Å². The van der Waals surface area contributed by atoms with Gasteiger partial charge in [-0.2, -0.15) is 0 Å². The number of aryl methyl sites for hydroxylation is 2. The Kier molecular flexibility index (Phi) is 4.94. The van der Waals surface area contributed by atoms with Gasteiger partial charge in [0, 0.05) is 10.0 Å². The van der Waals surface area contributed by atoms with Crippen LogP contribution >= 0.6 is 15.9 Å². The van der Waals surface area contributed by atoms with E-state index in [9.17, 15) is 5.11 Å². The molecule has 118 valence electrons. The molecule has 1 aromatic heterocycles. The molecular formula is C19H18BrNO2. The van der Waals surface area contributed by atoms with E-state index in [1.165, 1.54) is 5.56 Å². The molecule has 4 heteroatoms. The molecule has 0 fully saturated rings. The molecule has 0 bridgehead atoms. The van der Waals surface area contributed by atoms with Gasteiger partial charge in [0.15, 0.2) is 0 Å². The summed E-state index contributed by atoms with van der Waals surface area (Å²) in [6.45, 7) is 1.84. The second-order valence-corrected chi connectivity index (χ2v) is 6.42. The minimum absolute atomic E-state index is 0.556. The van der Waals surface area contributed by atoms with Crippen molar-refractivity contribution in [3.05, 3.63) is 76.1 Å². The summed E-state index contributed by atoms with van der Waals surface area (Å²) in [4.78, 5) is 4.48. The Labute approximate surface area is 144 Å². The van der Waals surface area contributed by atoms with Gasteiger partial charge in [-0.05, 0) is 49.6 Å². The summed E-state index contributed by atoms with van der Waals surface area (Å²) < 4.78 is 6.77. The standard InChI is InChI=1S/C19H18BrNO2/c1-13-18(21-19(23-13)15-5-3-2-4-6-15)17(22)12-9-14-7-10-16(20)11-8-14/h2-8,10-11,17,22H,9,12H2,1H3. The van der Waals surface area contributed by atoms with Gasteiger partial charge in [-0.25, -0.2) is 4.98 Å². The van der Waals surface area contributed by atoms with Gasteiger partial charge in [0.1, 0.15) is 11.5 Å². The maximum atomic E-state index is 10.4. The van der Waals surface area contributed by atoms with E-state index in [0.29, 0.717) is 23.8 Å². The number of halogens is 1. The van der Waals surface area contributed by atoms with Gasteiger partial charge in [0.25, 0.3) is 0 Å². The van der Waals surface area contributed by atoms with Crippen LogP contribution in [0.1, 0.15) is 29.5 Å². The van der Waals surface area contributed by atoms with E-state index in [-0.39, 0.29) is 0 Å². The molecule has 3 nitrogen and oxygen atoms in total. The molecule has 0 radical (unpaired) electrons. The molecule has 1 N–H and O–H groups in total. The van der Waals surface area contributed by atoms with Crippen LogP contribution in [0.5, 0.6) is 0 Å². The summed E-state index contributed by atoms with van der Waals surface area (Å²) in [5.41, 5.74) is 2.74. The lowest BCUT2D eigenvalue weighted by Crippen LogP contribution is -2.02. The van der Waals surface area contributed by atoms with Crippen molar-refractivity contribution in [3.63, 3.8) is 0 Å². The molecule has 1 heterocycles. The summed E-state index contributed by atoms with van der Waals surface area (Å²) in [6, 6.07) is 17.9. The predicted molar refractivity (Wildman–Crippen MR) is 94.1 cm³/mol. The lowest BCUT2D eigenvalue weighted by atomic mass is 10.0. The minimum atomic E-state index is -0.625. The fourth-order valence-electron chi connectivity index (χ4n) is 2.51. The third kappa shape index (κ3) is 3.89. The number of aromatic nitrogens is 1. The molecule has 0 aliphatic heterocycles. The van der Waals surface area contributed by atoms with Gasteiger partial charge in [0.05, 0.1) is 6.10 Å². The normalized spacial score (nSPS) is 12.3. The van der Waals surface area contributed by atoms with Gasteiger partial charge in [-0.15, -0.1) is 0 Å². The highest BCUT2D eigenvalue weighted by atomic mass is 79.9. The topological polar surface area (TPSA) is 46.3 Å². The summed E-state index contributed by atoms with van der Waals surface area (Å²) in [5, 5.41) is 10.4. The maximum absolute atomic E-state index is 10.4. The van der Waals surface area contributed by atoms with Gasteiger partial charge < -0.3 is 9.52 Å². The van der Waals surface area contributed by atoms with E-state index >= 15 is 0 Å². The van der Waals surface area contributed by atoms with Crippen molar-refractivity contribution < 1.29 is 9.52 Å². The molecule has 3 aromatic rings. The molecule has 0 spiro atoms. The Bertz CT molecular complexity index is 766. The summed E-state index contributed by atoms with van der Waals surface area (Å²) in [5.74, 6) is 1.23. The Balaban J connectivity index is 1.71. The second kappa shape index (κ2) is 7.11. The number of aliphatic hydroxyl groups is 1. The van der Waals surface area contributed by atoms with Gasteiger partial charge in [0.2, 0.25) is 5.89 Å². The highest BCUT2D eigenvalue weighted by Crippen LogP contribution is 2.27. The average Bonchev–Trinajstić information content (AvgIpc) is 2.97. The Morgan fingerprint density at radius 2 is 1.78 bits per heavy atom. The Hall–Kier alpha value is -1.91. The quantitative estimate of drug-likeness (QED) is 0.680. The monoisotopic (exact) mass is 371 g/mol. The molecule has 0 saturated heterocycles. The first-order valence-corrected chi connectivity index (χ1v) is 8.38. The van der Waals surface area contributed by atoms with E-state index in [2.05, 4.69) is 33.0 Å². The van der Waals surface area contributed by atoms with Crippen molar-refractivity contribution >= 4 is 15.9 Å². The largest absolute Gasteiger partial charge is 0.441 e. The van der Waals surface area contributed by atoms with Crippen molar-refractivity contribution in [3.8, 4) is 11.5 Å². The molecule has 0 aliphatic carbocycles. The molecule has 3 rings (SSSR count). The maximum Gasteiger partial charge on any atom is 0.226 e. The molecule has 23 heavy (non-hydrogen) atoms. The molecule has 1 atom stereocenters. The zero-order chi connectivity index (χ0) is 16.2. The molecule has 1 unspecified atom stereocenters. The van der Waals surface area contributed by atoms with Crippen LogP contribution in [0.15, 0.2) is 63.5 Å². The van der Waals surface area contributed by atoms with Crippen molar-refractivity contribution in [1.82, 2.24) is 4.98 Å². The van der Waals surface area contributed by atoms with Crippen LogP contribution in [-0.4, -0.2) is 10.1 Å². The van der Waals surface area contributed by atoms with E-state index in [0.717, 1.165) is 16.5 Å². The Morgan fingerprint density at radius 3 is 2.48 bits per heavy atom. The predicted octanol–water partition coefficient (Wildman–Crippen LogP) is 5.08. The van der Waals surface area contributed by atoms with Crippen LogP contribution in [0.2, 0.25) is 0 Å². The summed E-state index contributed by atoms with van der Waals surface area (Å²) in [6.07, 6.45) is 0.782. The highest BCUT2D eigenvalue weighted by Gasteiger charge is 2.18. The number of nitrogens with zero attached hydrogens (tertiary/aromatic N) is 1. The van der Waals surface area contributed by atoms with Gasteiger partial charge >= 0.3 is 0 Å². The van der Waals surface area contributed by atoms with Crippen molar-refractivity contribution in [2.75, 3.05) is 0 Å². The minimum Gasteiger partial charge on any atom is -0.441 e. The summed E-state index contributed by atoms with van der Waals surface area (Å²) >= 11 is 3.42. The number of hydrogen-bond donors (Lipinski definition) is 1. The number of rotatable bonds is 5. The van der Waals surface area contributed by atoms with Crippen LogP contribution in [0.4, 0.5) is 0 Å². The zero-order valence-corrected chi connectivity index (χ0v) is 14.5. The molecule has 2 aromatic carbocycles. The molecular weight excluding hydrogens is 354 g/mol. The SMILES string of the molecule is Cc1oc(-c2ccccc2)nc1C(O)CCc1ccc(Br)cc1. The van der Waals surface area contributed by atoms with Crippen LogP contribution < -0.4 is 0 Å². The lowest BCUT2D eigenvalue weighted by molar-refractivity contribution is 0.162. The number of oxazole rings is 1. The van der Waals surface area contributed by atoms with Crippen LogP contribution in [0.25, 0.3) is 11.5 Å². The van der Waals surface area contributed by atoms with Crippen molar-refractivity contribution in [2.45, 2.75) is 25.9 Å². The first-order valence-electron chi connectivity index (χ1n) is 7.59. The number of benzene rings is 2. The van der Waals surface area contributed by atoms with E-state index < -0.39 is 6.10 Å². The molecule has 0 aliphatic rings. The third-order valence-electron chi connectivity index (χ3n) is 3.79. The average molecular weight is 372 g/mol. The van der Waals surface area contributed by atoms with Crippen LogP contribution in [-0.2, 0) is 6.42 Å². The van der Waals surface area contributed by atoms with E-state index in [4.69, 9.17) is 4.42 Å². The van der Waals surface area contributed by atoms with E-state index in [1.54, 1.807) is 0 Å². The highest BCUT2D eigenvalue weighted by molar-refractivity contribution is 9.10. The van der Waals surface area contributed by atoms with Crippen LogP contribution in [0, 0.1) is 6.92 Å².